The van der Waals surface area contributed by atoms with Crippen LogP contribution >= 0.6 is 11.8 Å². The van der Waals surface area contributed by atoms with Gasteiger partial charge in [-0.1, -0.05) is 6.07 Å². The molecule has 2 saturated heterocycles. The van der Waals surface area contributed by atoms with Gasteiger partial charge in [0.25, 0.3) is 0 Å². The van der Waals surface area contributed by atoms with Crippen LogP contribution in [0.2, 0.25) is 0 Å². The Morgan fingerprint density at radius 3 is 2.63 bits per heavy atom. The van der Waals surface area contributed by atoms with Gasteiger partial charge in [0, 0.05) is 25.2 Å². The average Bonchev–Trinajstić information content (AvgIpc) is 2.69. The standard InChI is InChI=1S/C19H30N2O4S2/c1-3-25-17-5-4-16(2)14-18(17)27(22,23)20-15-19(6-12-26-13-7-19)21-8-10-24-11-9-21/h4-5,14,20H,3,6-13,15H2,1-2H3. The first-order valence-electron chi connectivity index (χ1n) is 9.60. The molecular formula is C19H30N2O4S2. The maximum absolute atomic E-state index is 13.1. The second kappa shape index (κ2) is 9.13. The third-order valence-electron chi connectivity index (χ3n) is 5.39. The Kier molecular flexibility index (Phi) is 7.08. The molecule has 3 rings (SSSR count). The summed E-state index contributed by atoms with van der Waals surface area (Å²) in [5.41, 5.74) is 0.772. The van der Waals surface area contributed by atoms with E-state index in [0.29, 0.717) is 32.1 Å². The van der Waals surface area contributed by atoms with Crippen molar-refractivity contribution in [3.63, 3.8) is 0 Å². The number of benzene rings is 1. The summed E-state index contributed by atoms with van der Waals surface area (Å²) in [6.07, 6.45) is 1.98. The summed E-state index contributed by atoms with van der Waals surface area (Å²) in [6, 6.07) is 5.30. The monoisotopic (exact) mass is 414 g/mol. The van der Waals surface area contributed by atoms with Gasteiger partial charge in [0.05, 0.1) is 19.8 Å². The van der Waals surface area contributed by atoms with Crippen molar-refractivity contribution in [2.45, 2.75) is 37.1 Å². The van der Waals surface area contributed by atoms with E-state index in [-0.39, 0.29) is 10.4 Å². The van der Waals surface area contributed by atoms with Crippen molar-refractivity contribution < 1.29 is 17.9 Å². The molecule has 0 aliphatic carbocycles. The summed E-state index contributed by atoms with van der Waals surface area (Å²) in [4.78, 5) is 2.66. The molecule has 0 radical (unpaired) electrons. The maximum Gasteiger partial charge on any atom is 0.244 e. The molecule has 2 aliphatic heterocycles. The Balaban J connectivity index is 1.81. The lowest BCUT2D eigenvalue weighted by Crippen LogP contribution is -2.60. The van der Waals surface area contributed by atoms with Crippen LogP contribution in [0.15, 0.2) is 23.1 Å². The van der Waals surface area contributed by atoms with E-state index in [4.69, 9.17) is 9.47 Å². The van der Waals surface area contributed by atoms with E-state index >= 15 is 0 Å². The zero-order valence-corrected chi connectivity index (χ0v) is 17.8. The quantitative estimate of drug-likeness (QED) is 0.738. The fourth-order valence-electron chi connectivity index (χ4n) is 3.80. The molecule has 8 heteroatoms. The van der Waals surface area contributed by atoms with Crippen molar-refractivity contribution in [1.82, 2.24) is 9.62 Å². The summed E-state index contributed by atoms with van der Waals surface area (Å²) in [6.45, 7) is 7.76. The van der Waals surface area contributed by atoms with Crippen molar-refractivity contribution in [2.75, 3.05) is 51.0 Å². The van der Waals surface area contributed by atoms with Gasteiger partial charge in [-0.3, -0.25) is 4.90 Å². The topological polar surface area (TPSA) is 67.9 Å². The number of hydrogen-bond donors (Lipinski definition) is 1. The number of morpholine rings is 1. The molecule has 0 unspecified atom stereocenters. The van der Waals surface area contributed by atoms with Gasteiger partial charge in [0.2, 0.25) is 10.0 Å². The number of hydrogen-bond acceptors (Lipinski definition) is 6. The highest BCUT2D eigenvalue weighted by atomic mass is 32.2. The zero-order valence-electron chi connectivity index (χ0n) is 16.2. The molecule has 0 bridgehead atoms. The summed E-state index contributed by atoms with van der Waals surface area (Å²) < 4.78 is 40.2. The fourth-order valence-corrected chi connectivity index (χ4v) is 6.40. The molecule has 0 saturated carbocycles. The molecule has 0 spiro atoms. The lowest BCUT2D eigenvalue weighted by molar-refractivity contribution is -0.0242. The van der Waals surface area contributed by atoms with Crippen molar-refractivity contribution in [1.29, 1.82) is 0 Å². The first-order valence-corrected chi connectivity index (χ1v) is 12.2. The maximum atomic E-state index is 13.1. The summed E-state index contributed by atoms with van der Waals surface area (Å²) in [7, 11) is -3.65. The van der Waals surface area contributed by atoms with Gasteiger partial charge >= 0.3 is 0 Å². The number of nitrogens with one attached hydrogen (secondary N) is 1. The van der Waals surface area contributed by atoms with Crippen LogP contribution in [-0.2, 0) is 14.8 Å². The predicted molar refractivity (Wildman–Crippen MR) is 109 cm³/mol. The Hall–Kier alpha value is -0.800. The van der Waals surface area contributed by atoms with Gasteiger partial charge in [-0.05, 0) is 55.9 Å². The lowest BCUT2D eigenvalue weighted by Gasteiger charge is -2.48. The third kappa shape index (κ3) is 4.98. The van der Waals surface area contributed by atoms with Gasteiger partial charge in [-0.15, -0.1) is 0 Å². The highest BCUT2D eigenvalue weighted by Crippen LogP contribution is 2.33. The van der Waals surface area contributed by atoms with Crippen LogP contribution in [0.5, 0.6) is 5.75 Å². The number of ether oxygens (including phenoxy) is 2. The molecule has 0 aromatic heterocycles. The van der Waals surface area contributed by atoms with Crippen LogP contribution in [0.25, 0.3) is 0 Å². The van der Waals surface area contributed by atoms with Crippen LogP contribution < -0.4 is 9.46 Å². The number of rotatable bonds is 7. The molecular weight excluding hydrogens is 384 g/mol. The van der Waals surface area contributed by atoms with Crippen molar-refractivity contribution in [3.8, 4) is 5.75 Å². The van der Waals surface area contributed by atoms with E-state index in [2.05, 4.69) is 9.62 Å². The molecule has 6 nitrogen and oxygen atoms in total. The smallest absolute Gasteiger partial charge is 0.244 e. The molecule has 1 N–H and O–H groups in total. The number of aryl methyl sites for hydroxylation is 1. The van der Waals surface area contributed by atoms with Crippen molar-refractivity contribution in [2.24, 2.45) is 0 Å². The lowest BCUT2D eigenvalue weighted by atomic mass is 9.89. The molecule has 2 heterocycles. The largest absolute Gasteiger partial charge is 0.492 e. The van der Waals surface area contributed by atoms with Gasteiger partial charge < -0.3 is 9.47 Å². The second-order valence-electron chi connectivity index (χ2n) is 7.14. The van der Waals surface area contributed by atoms with Gasteiger partial charge in [0.1, 0.15) is 10.6 Å². The normalized spacial score (nSPS) is 21.1. The Morgan fingerprint density at radius 2 is 1.96 bits per heavy atom. The highest BCUT2D eigenvalue weighted by Gasteiger charge is 2.40. The van der Waals surface area contributed by atoms with E-state index in [1.54, 1.807) is 12.1 Å². The minimum Gasteiger partial charge on any atom is -0.492 e. The molecule has 27 heavy (non-hydrogen) atoms. The van der Waals surface area contributed by atoms with Crippen LogP contribution in [0.1, 0.15) is 25.3 Å². The van der Waals surface area contributed by atoms with E-state index in [0.717, 1.165) is 43.0 Å². The SMILES string of the molecule is CCOc1ccc(C)cc1S(=O)(=O)NCC1(N2CCOCC2)CCSCC1. The highest BCUT2D eigenvalue weighted by molar-refractivity contribution is 7.99. The first kappa shape index (κ1) is 20.9. The van der Waals surface area contributed by atoms with E-state index in [1.807, 2.05) is 31.7 Å². The van der Waals surface area contributed by atoms with E-state index in [9.17, 15) is 8.42 Å². The third-order valence-corrected chi connectivity index (χ3v) is 7.79. The Morgan fingerprint density at radius 1 is 1.26 bits per heavy atom. The molecule has 1 aromatic carbocycles. The molecule has 2 fully saturated rings. The number of nitrogens with zero attached hydrogens (tertiary/aromatic N) is 1. The number of sulfonamides is 1. The molecule has 1 aromatic rings. The Bertz CT molecular complexity index is 727. The summed E-state index contributed by atoms with van der Waals surface area (Å²) in [5.74, 6) is 2.54. The van der Waals surface area contributed by atoms with Crippen molar-refractivity contribution >= 4 is 21.8 Å². The molecule has 152 valence electrons. The minimum absolute atomic E-state index is 0.127. The molecule has 0 atom stereocenters. The van der Waals surface area contributed by atoms with Gasteiger partial charge in [-0.25, -0.2) is 13.1 Å². The first-order chi connectivity index (χ1) is 13.0. The predicted octanol–water partition coefficient (Wildman–Crippen LogP) is 2.27. The number of thioether (sulfide) groups is 1. The zero-order chi connectivity index (χ0) is 19.3. The average molecular weight is 415 g/mol. The second-order valence-corrected chi connectivity index (χ2v) is 10.1. The van der Waals surface area contributed by atoms with Crippen LogP contribution in [0.4, 0.5) is 0 Å². The van der Waals surface area contributed by atoms with E-state index in [1.165, 1.54) is 0 Å². The Labute approximate surface area is 167 Å². The van der Waals surface area contributed by atoms with Crippen LogP contribution in [0.3, 0.4) is 0 Å². The fraction of sp³-hybridized carbons (Fsp3) is 0.684. The molecule has 0 amide bonds. The minimum atomic E-state index is -3.65. The van der Waals surface area contributed by atoms with Crippen molar-refractivity contribution in [3.05, 3.63) is 23.8 Å². The summed E-state index contributed by atoms with van der Waals surface area (Å²) >= 11 is 1.95. The molecule has 2 aliphatic rings. The van der Waals surface area contributed by atoms with Gasteiger partial charge in [-0.2, -0.15) is 11.8 Å². The summed E-state index contributed by atoms with van der Waals surface area (Å²) in [5, 5.41) is 0. The van der Waals surface area contributed by atoms with Crippen LogP contribution in [-0.4, -0.2) is 69.8 Å². The van der Waals surface area contributed by atoms with Crippen LogP contribution in [0, 0.1) is 6.92 Å². The van der Waals surface area contributed by atoms with Gasteiger partial charge in [0.15, 0.2) is 0 Å². The van der Waals surface area contributed by atoms with E-state index < -0.39 is 10.0 Å².